The van der Waals surface area contributed by atoms with Crippen LogP contribution in [0, 0.1) is 0 Å². The molecule has 0 aromatic heterocycles. The Bertz CT molecular complexity index is 1480. The maximum atomic E-state index is 12.9. The molecule has 0 bridgehead atoms. The van der Waals surface area contributed by atoms with Crippen molar-refractivity contribution in [3.8, 4) is 0 Å². The Morgan fingerprint density at radius 3 is 0.808 bits per heavy atom. The molecule has 0 rings (SSSR count). The smallest absolute Gasteiger partial charge is 0.306 e. The summed E-state index contributed by atoms with van der Waals surface area (Å²) in [6.07, 6.45) is 87.3. The number of unbranched alkanes of at least 4 members (excludes halogenated alkanes) is 36. The fraction of sp³-hybridized carbons (Fsp3) is 0.764. The van der Waals surface area contributed by atoms with Gasteiger partial charge in [-0.15, -0.1) is 0 Å². The van der Waals surface area contributed by atoms with Gasteiger partial charge < -0.3 is 14.2 Å². The summed E-state index contributed by atoms with van der Waals surface area (Å²) in [6, 6.07) is 0. The van der Waals surface area contributed by atoms with E-state index in [2.05, 4.69) is 106 Å². The molecule has 6 nitrogen and oxygen atoms in total. The maximum absolute atomic E-state index is 12.9. The summed E-state index contributed by atoms with van der Waals surface area (Å²) in [6.45, 7) is 6.54. The van der Waals surface area contributed by atoms with Crippen LogP contribution in [-0.4, -0.2) is 37.2 Å². The minimum atomic E-state index is -0.782. The van der Waals surface area contributed by atoms with E-state index in [4.69, 9.17) is 14.2 Å². The first-order valence-corrected chi connectivity index (χ1v) is 33.6. The van der Waals surface area contributed by atoms with Gasteiger partial charge in [0.25, 0.3) is 0 Å². The van der Waals surface area contributed by atoms with Gasteiger partial charge in [-0.2, -0.15) is 0 Å². The van der Waals surface area contributed by atoms with E-state index in [1.54, 1.807) is 0 Å². The van der Waals surface area contributed by atoms with Gasteiger partial charge >= 0.3 is 17.9 Å². The number of carbonyl (C=O) groups excluding carboxylic acids is 3. The fourth-order valence-corrected chi connectivity index (χ4v) is 9.62. The van der Waals surface area contributed by atoms with E-state index in [-0.39, 0.29) is 31.1 Å². The zero-order valence-electron chi connectivity index (χ0n) is 51.7. The van der Waals surface area contributed by atoms with Crippen LogP contribution >= 0.6 is 0 Å². The van der Waals surface area contributed by atoms with E-state index in [0.717, 1.165) is 103 Å². The summed E-state index contributed by atoms with van der Waals surface area (Å²) in [5.41, 5.74) is 0. The molecule has 0 aliphatic heterocycles. The number of allylic oxidation sites excluding steroid dienone is 14. The third-order valence-corrected chi connectivity index (χ3v) is 14.6. The Balaban J connectivity index is 4.31. The van der Waals surface area contributed by atoms with Gasteiger partial charge in [0.1, 0.15) is 13.2 Å². The lowest BCUT2D eigenvalue weighted by Crippen LogP contribution is -2.30. The number of esters is 3. The number of rotatable bonds is 61. The van der Waals surface area contributed by atoms with Crippen LogP contribution in [0.1, 0.15) is 335 Å². The van der Waals surface area contributed by atoms with E-state index in [1.807, 2.05) is 0 Å². The molecule has 1 atom stereocenters. The first kappa shape index (κ1) is 74.6. The quantitative estimate of drug-likeness (QED) is 0.0261. The van der Waals surface area contributed by atoms with E-state index < -0.39 is 6.10 Å². The number of carbonyl (C=O) groups is 3. The molecule has 0 aliphatic rings. The van der Waals surface area contributed by atoms with Gasteiger partial charge in [0, 0.05) is 19.3 Å². The SMILES string of the molecule is CC/C=C\C/C=C\C/C=C\C/C=C\C/C=C\CCCCCCCCCCCCCC(=O)OCC(COC(=O)CCCCCCCCCCCCCCCCCC)OC(=O)CCCCCCCCC/C=C\C/C=C\CCCCC. The normalized spacial score (nSPS) is 12.6. The Hall–Kier alpha value is -3.41. The summed E-state index contributed by atoms with van der Waals surface area (Å²) in [5, 5.41) is 0. The summed E-state index contributed by atoms with van der Waals surface area (Å²) < 4.78 is 17.0. The standard InChI is InChI=1S/C72H126O6/c1-4-7-10-13-16-19-22-25-28-31-32-33-34-35-36-37-38-39-40-42-44-47-50-53-56-59-62-65-71(74)77-68-69(67-76-70(73)64-61-58-55-52-49-46-43-30-27-24-21-18-15-12-9-6-3)78-72(75)66-63-60-57-54-51-48-45-41-29-26-23-20-17-14-11-8-5-2/h7,10,16-17,19-20,25-26,28-29,32-33,35-36,69H,4-6,8-9,11-15,18,21-24,27,30-31,34,37-68H2,1-3H3/b10-7-,19-16-,20-17-,28-25-,29-26-,33-32-,36-35-. The monoisotopic (exact) mass is 1090 g/mol. The Morgan fingerprint density at radius 1 is 0.269 bits per heavy atom. The Kier molecular flexibility index (Phi) is 63.2. The molecule has 0 fully saturated rings. The van der Waals surface area contributed by atoms with Gasteiger partial charge in [0.2, 0.25) is 0 Å². The molecule has 1 unspecified atom stereocenters. The van der Waals surface area contributed by atoms with Crippen LogP contribution in [0.15, 0.2) is 85.1 Å². The van der Waals surface area contributed by atoms with Crippen molar-refractivity contribution in [1.82, 2.24) is 0 Å². The minimum Gasteiger partial charge on any atom is -0.462 e. The molecule has 0 aromatic carbocycles. The van der Waals surface area contributed by atoms with Crippen LogP contribution in [0.3, 0.4) is 0 Å². The average Bonchev–Trinajstić information content (AvgIpc) is 3.44. The molecule has 78 heavy (non-hydrogen) atoms. The van der Waals surface area contributed by atoms with E-state index >= 15 is 0 Å². The third-order valence-electron chi connectivity index (χ3n) is 14.6. The van der Waals surface area contributed by atoms with Gasteiger partial charge in [0.15, 0.2) is 6.10 Å². The second kappa shape index (κ2) is 66.1. The van der Waals surface area contributed by atoms with Crippen LogP contribution in [-0.2, 0) is 28.6 Å². The molecule has 0 radical (unpaired) electrons. The summed E-state index contributed by atoms with van der Waals surface area (Å²) >= 11 is 0. The maximum Gasteiger partial charge on any atom is 0.306 e. The molecular weight excluding hydrogens is 961 g/mol. The van der Waals surface area contributed by atoms with Crippen molar-refractivity contribution < 1.29 is 28.6 Å². The van der Waals surface area contributed by atoms with Crippen LogP contribution in [0.4, 0.5) is 0 Å². The molecule has 0 saturated carbocycles. The highest BCUT2D eigenvalue weighted by atomic mass is 16.6. The van der Waals surface area contributed by atoms with Crippen LogP contribution in [0.25, 0.3) is 0 Å². The second-order valence-electron chi connectivity index (χ2n) is 22.4. The van der Waals surface area contributed by atoms with Gasteiger partial charge in [-0.05, 0) is 96.3 Å². The van der Waals surface area contributed by atoms with Gasteiger partial charge in [-0.3, -0.25) is 14.4 Å². The Morgan fingerprint density at radius 2 is 0.500 bits per heavy atom. The molecule has 0 aromatic rings. The fourth-order valence-electron chi connectivity index (χ4n) is 9.62. The topological polar surface area (TPSA) is 78.9 Å². The van der Waals surface area contributed by atoms with Crippen molar-refractivity contribution in [3.63, 3.8) is 0 Å². The predicted octanol–water partition coefficient (Wildman–Crippen LogP) is 23.1. The van der Waals surface area contributed by atoms with E-state index in [9.17, 15) is 14.4 Å². The van der Waals surface area contributed by atoms with E-state index in [0.29, 0.717) is 19.3 Å². The molecule has 0 saturated heterocycles. The molecule has 0 heterocycles. The van der Waals surface area contributed by atoms with Crippen LogP contribution < -0.4 is 0 Å². The number of hydrogen-bond acceptors (Lipinski definition) is 6. The Labute approximate surface area is 484 Å². The van der Waals surface area contributed by atoms with Crippen LogP contribution in [0.2, 0.25) is 0 Å². The summed E-state index contributed by atoms with van der Waals surface area (Å²) in [5.74, 6) is -0.870. The highest BCUT2D eigenvalue weighted by molar-refractivity contribution is 5.71. The lowest BCUT2D eigenvalue weighted by atomic mass is 10.0. The molecule has 6 heteroatoms. The molecular formula is C72H126O6. The largest absolute Gasteiger partial charge is 0.462 e. The van der Waals surface area contributed by atoms with Crippen molar-refractivity contribution in [1.29, 1.82) is 0 Å². The van der Waals surface area contributed by atoms with Crippen molar-refractivity contribution in [2.24, 2.45) is 0 Å². The molecule has 0 N–H and O–H groups in total. The predicted molar refractivity (Wildman–Crippen MR) is 339 cm³/mol. The van der Waals surface area contributed by atoms with Gasteiger partial charge in [-0.1, -0.05) is 305 Å². The minimum absolute atomic E-state index is 0.0766. The average molecular weight is 1090 g/mol. The van der Waals surface area contributed by atoms with Crippen molar-refractivity contribution in [2.45, 2.75) is 341 Å². The van der Waals surface area contributed by atoms with Crippen molar-refractivity contribution in [2.75, 3.05) is 13.2 Å². The third kappa shape index (κ3) is 63.4. The van der Waals surface area contributed by atoms with Gasteiger partial charge in [-0.25, -0.2) is 0 Å². The zero-order chi connectivity index (χ0) is 56.4. The van der Waals surface area contributed by atoms with Crippen molar-refractivity contribution >= 4 is 17.9 Å². The summed E-state index contributed by atoms with van der Waals surface area (Å²) in [7, 11) is 0. The first-order valence-electron chi connectivity index (χ1n) is 33.6. The highest BCUT2D eigenvalue weighted by Crippen LogP contribution is 2.17. The van der Waals surface area contributed by atoms with E-state index in [1.165, 1.54) is 193 Å². The molecule has 450 valence electrons. The first-order chi connectivity index (χ1) is 38.5. The lowest BCUT2D eigenvalue weighted by Gasteiger charge is -2.18. The van der Waals surface area contributed by atoms with Crippen molar-refractivity contribution in [3.05, 3.63) is 85.1 Å². The summed E-state index contributed by atoms with van der Waals surface area (Å²) in [4.78, 5) is 38.4. The number of hydrogen-bond donors (Lipinski definition) is 0. The van der Waals surface area contributed by atoms with Crippen LogP contribution in [0.5, 0.6) is 0 Å². The molecule has 0 spiro atoms. The van der Waals surface area contributed by atoms with Gasteiger partial charge in [0.05, 0.1) is 0 Å². The zero-order valence-corrected chi connectivity index (χ0v) is 51.7. The number of ether oxygens (including phenoxy) is 3. The lowest BCUT2D eigenvalue weighted by molar-refractivity contribution is -0.167. The second-order valence-corrected chi connectivity index (χ2v) is 22.4. The molecule has 0 aliphatic carbocycles. The highest BCUT2D eigenvalue weighted by Gasteiger charge is 2.19. The molecule has 0 amide bonds.